The van der Waals surface area contributed by atoms with Gasteiger partial charge in [-0.3, -0.25) is 4.79 Å². The van der Waals surface area contributed by atoms with Crippen LogP contribution in [0.1, 0.15) is 41.3 Å². The maximum Gasteiger partial charge on any atom is 0.433 e. The van der Waals surface area contributed by atoms with E-state index in [9.17, 15) is 28.5 Å². The third-order valence-corrected chi connectivity index (χ3v) is 5.49. The molecule has 0 unspecified atom stereocenters. The van der Waals surface area contributed by atoms with Gasteiger partial charge in [-0.15, -0.1) is 11.8 Å². The third-order valence-electron chi connectivity index (χ3n) is 4.47. The highest BCUT2D eigenvalue weighted by atomic mass is 32.2. The Morgan fingerprint density at radius 1 is 1.30 bits per heavy atom. The number of nitrogens with one attached hydrogen (secondary N) is 1. The molecule has 1 aromatic carbocycles. The molecule has 0 aliphatic rings. The summed E-state index contributed by atoms with van der Waals surface area (Å²) >= 11 is 0.971. The molecule has 0 saturated heterocycles. The summed E-state index contributed by atoms with van der Waals surface area (Å²) in [5.41, 5.74) is 0.257. The molecule has 0 bridgehead atoms. The molecule has 2 aromatic rings. The first-order chi connectivity index (χ1) is 15.6. The Hall–Kier alpha value is -3.50. The second-order valence-electron chi connectivity index (χ2n) is 6.90. The Balaban J connectivity index is 2.38. The molecule has 10 heteroatoms. The number of ether oxygens (including phenoxy) is 1. The summed E-state index contributed by atoms with van der Waals surface area (Å²) < 4.78 is 44.9. The van der Waals surface area contributed by atoms with Gasteiger partial charge in [-0.25, -0.2) is 4.98 Å². The molecule has 6 nitrogen and oxygen atoms in total. The lowest BCUT2D eigenvalue weighted by molar-refractivity contribution is -0.141. The molecule has 0 spiro atoms. The first kappa shape index (κ1) is 25.8. The predicted molar refractivity (Wildman–Crippen MR) is 118 cm³/mol. The van der Waals surface area contributed by atoms with Crippen LogP contribution in [0.25, 0.3) is 6.08 Å². The Bertz CT molecular complexity index is 1150. The van der Waals surface area contributed by atoms with Gasteiger partial charge in [0.05, 0.1) is 12.7 Å². The van der Waals surface area contributed by atoms with Gasteiger partial charge >= 0.3 is 6.18 Å². The van der Waals surface area contributed by atoms with Crippen LogP contribution in [0.2, 0.25) is 0 Å². The topological polar surface area (TPSA) is 98.8 Å². The first-order valence-corrected chi connectivity index (χ1v) is 10.8. The van der Waals surface area contributed by atoms with Gasteiger partial charge in [0.25, 0.3) is 5.91 Å². The summed E-state index contributed by atoms with van der Waals surface area (Å²) in [4.78, 5) is 15.8. The molecule has 0 saturated carbocycles. The van der Waals surface area contributed by atoms with Crippen LogP contribution >= 0.6 is 11.8 Å². The lowest BCUT2D eigenvalue weighted by atomic mass is 10.1. The van der Waals surface area contributed by atoms with E-state index < -0.39 is 17.8 Å². The van der Waals surface area contributed by atoms with E-state index in [1.54, 1.807) is 18.2 Å². The SMILES string of the molecule is CCCNC(=O)/C(C#N)=C/c1ccc(OC)c(CSc2nc(C(F)(F)F)cc(C)c2C#N)c1. The average molecular weight is 475 g/mol. The number of methoxy groups -OCH3 is 1. The summed E-state index contributed by atoms with van der Waals surface area (Å²) in [5.74, 6) is 0.126. The van der Waals surface area contributed by atoms with Crippen LogP contribution in [-0.2, 0) is 16.7 Å². The van der Waals surface area contributed by atoms with E-state index in [1.807, 2.05) is 19.1 Å². The number of nitriles is 2. The number of benzene rings is 1. The average Bonchev–Trinajstić information content (AvgIpc) is 2.78. The van der Waals surface area contributed by atoms with Crippen molar-refractivity contribution >= 4 is 23.7 Å². The van der Waals surface area contributed by atoms with Crippen molar-refractivity contribution in [3.05, 3.63) is 57.8 Å². The summed E-state index contributed by atoms with van der Waals surface area (Å²) in [6.07, 6.45) is -2.49. The number of carbonyl (C=O) groups is 1. The number of hydrogen-bond donors (Lipinski definition) is 1. The molecule has 1 heterocycles. The standard InChI is InChI=1S/C23H21F3N4O2S/c1-4-7-29-21(31)16(11-27)9-15-5-6-19(32-3)17(10-15)13-33-22-18(12-28)14(2)8-20(30-22)23(24,25)26/h5-6,8-10H,4,7,13H2,1-3H3,(H,29,31)/b16-9+. The Labute approximate surface area is 194 Å². The zero-order chi connectivity index (χ0) is 24.6. The van der Waals surface area contributed by atoms with Crippen LogP contribution in [0.4, 0.5) is 13.2 Å². The molecule has 0 aliphatic carbocycles. The number of carbonyl (C=O) groups excluding carboxylic acids is 1. The normalized spacial score (nSPS) is 11.5. The fourth-order valence-corrected chi connectivity index (χ4v) is 3.86. The van der Waals surface area contributed by atoms with Crippen molar-refractivity contribution < 1.29 is 22.7 Å². The molecule has 0 radical (unpaired) electrons. The number of thioether (sulfide) groups is 1. The predicted octanol–water partition coefficient (Wildman–Crippen LogP) is 5.01. The number of rotatable bonds is 8. The quantitative estimate of drug-likeness (QED) is 0.328. The number of hydrogen-bond acceptors (Lipinski definition) is 6. The number of amides is 1. The molecule has 2 rings (SSSR count). The van der Waals surface area contributed by atoms with Crippen molar-refractivity contribution in [3.8, 4) is 17.9 Å². The van der Waals surface area contributed by atoms with E-state index in [4.69, 9.17) is 4.74 Å². The van der Waals surface area contributed by atoms with Gasteiger partial charge in [0.1, 0.15) is 34.2 Å². The minimum atomic E-state index is -4.64. The fraction of sp³-hybridized carbons (Fsp3) is 0.304. The van der Waals surface area contributed by atoms with Crippen molar-refractivity contribution in [1.82, 2.24) is 10.3 Å². The summed E-state index contributed by atoms with van der Waals surface area (Å²) in [6, 6.07) is 9.59. The number of halogens is 3. The van der Waals surface area contributed by atoms with Crippen molar-refractivity contribution in [3.63, 3.8) is 0 Å². The van der Waals surface area contributed by atoms with E-state index in [0.717, 1.165) is 24.2 Å². The summed E-state index contributed by atoms with van der Waals surface area (Å²) in [5, 5.41) is 21.3. The van der Waals surface area contributed by atoms with Gasteiger partial charge in [-0.2, -0.15) is 23.7 Å². The lowest BCUT2D eigenvalue weighted by Gasteiger charge is -2.13. The van der Waals surface area contributed by atoms with E-state index in [1.165, 1.54) is 20.1 Å². The Kier molecular flexibility index (Phi) is 8.89. The molecule has 0 fully saturated rings. The van der Waals surface area contributed by atoms with E-state index in [0.29, 0.717) is 23.4 Å². The zero-order valence-corrected chi connectivity index (χ0v) is 19.0. The maximum absolute atomic E-state index is 13.2. The van der Waals surface area contributed by atoms with E-state index in [-0.39, 0.29) is 27.5 Å². The number of nitrogens with zero attached hydrogens (tertiary/aromatic N) is 3. The summed E-state index contributed by atoms with van der Waals surface area (Å²) in [6.45, 7) is 3.76. The molecule has 1 aromatic heterocycles. The van der Waals surface area contributed by atoms with Gasteiger partial charge in [0.2, 0.25) is 0 Å². The largest absolute Gasteiger partial charge is 0.496 e. The Morgan fingerprint density at radius 3 is 2.61 bits per heavy atom. The van der Waals surface area contributed by atoms with Crippen LogP contribution in [-0.4, -0.2) is 24.5 Å². The molecule has 33 heavy (non-hydrogen) atoms. The van der Waals surface area contributed by atoms with Gasteiger partial charge in [0, 0.05) is 17.9 Å². The van der Waals surface area contributed by atoms with E-state index in [2.05, 4.69) is 10.3 Å². The second-order valence-corrected chi connectivity index (χ2v) is 7.86. The molecule has 172 valence electrons. The highest BCUT2D eigenvalue weighted by Crippen LogP contribution is 2.35. The number of pyridine rings is 1. The molecule has 1 amide bonds. The molecular weight excluding hydrogens is 453 g/mol. The number of aryl methyl sites for hydroxylation is 1. The van der Waals surface area contributed by atoms with Crippen LogP contribution in [0.3, 0.4) is 0 Å². The monoisotopic (exact) mass is 474 g/mol. The van der Waals surface area contributed by atoms with Crippen molar-refractivity contribution in [1.29, 1.82) is 10.5 Å². The van der Waals surface area contributed by atoms with E-state index >= 15 is 0 Å². The first-order valence-electron chi connectivity index (χ1n) is 9.83. The van der Waals surface area contributed by atoms with Crippen molar-refractivity contribution in [2.75, 3.05) is 13.7 Å². The van der Waals surface area contributed by atoms with Crippen molar-refractivity contribution in [2.45, 2.75) is 37.2 Å². The van der Waals surface area contributed by atoms with Crippen LogP contribution < -0.4 is 10.1 Å². The highest BCUT2D eigenvalue weighted by Gasteiger charge is 2.34. The van der Waals surface area contributed by atoms with Crippen LogP contribution in [0.5, 0.6) is 5.75 Å². The lowest BCUT2D eigenvalue weighted by Crippen LogP contribution is -2.25. The zero-order valence-electron chi connectivity index (χ0n) is 18.2. The molecule has 0 atom stereocenters. The van der Waals surface area contributed by atoms with Crippen LogP contribution in [0.15, 0.2) is 34.9 Å². The molecule has 0 aliphatic heterocycles. The minimum absolute atomic E-state index is 0.0375. The summed E-state index contributed by atoms with van der Waals surface area (Å²) in [7, 11) is 1.45. The highest BCUT2D eigenvalue weighted by molar-refractivity contribution is 7.98. The molecule has 1 N–H and O–H groups in total. The number of alkyl halides is 3. The number of aromatic nitrogens is 1. The van der Waals surface area contributed by atoms with Gasteiger partial charge in [0.15, 0.2) is 0 Å². The fourth-order valence-electron chi connectivity index (χ4n) is 2.83. The van der Waals surface area contributed by atoms with Gasteiger partial charge in [-0.1, -0.05) is 13.0 Å². The minimum Gasteiger partial charge on any atom is -0.496 e. The third kappa shape index (κ3) is 6.74. The maximum atomic E-state index is 13.2. The smallest absolute Gasteiger partial charge is 0.433 e. The van der Waals surface area contributed by atoms with Crippen molar-refractivity contribution in [2.24, 2.45) is 0 Å². The Morgan fingerprint density at radius 2 is 2.03 bits per heavy atom. The van der Waals surface area contributed by atoms with Crippen LogP contribution in [0, 0.1) is 29.6 Å². The second kappa shape index (κ2) is 11.4. The molecular formula is C23H21F3N4O2S. The van der Waals surface area contributed by atoms with Gasteiger partial charge < -0.3 is 10.1 Å². The van der Waals surface area contributed by atoms with Gasteiger partial charge in [-0.05, 0) is 48.7 Å².